The number of para-hydroxylation sites is 3. The minimum absolute atomic E-state index is 0.666. The van der Waals surface area contributed by atoms with Crippen molar-refractivity contribution in [3.05, 3.63) is 163 Å². The summed E-state index contributed by atoms with van der Waals surface area (Å²) in [6.07, 6.45) is 5.95. The van der Waals surface area contributed by atoms with Crippen LogP contribution in [0, 0.1) is 0 Å². The maximum Gasteiger partial charge on any atom is 0.220 e. The van der Waals surface area contributed by atoms with E-state index >= 15 is 0 Å². The molecule has 0 amide bonds. The summed E-state index contributed by atoms with van der Waals surface area (Å²) in [5, 5.41) is 0. The maximum atomic E-state index is 5.36. The van der Waals surface area contributed by atoms with E-state index in [0.717, 1.165) is 44.8 Å². The fourth-order valence-corrected chi connectivity index (χ4v) is 7.48. The molecule has 0 aliphatic heterocycles. The SMILES string of the molecule is c1ccc2c(c1)-c1ccccc1-c1ccc(-n3c4ccccc4n4c5cccc(Cc6cnccn6)c5nc34)cc1-c1ccccc1-2. The largest absolute Gasteiger partial charge is 0.278 e. The van der Waals surface area contributed by atoms with Gasteiger partial charge in [-0.3, -0.25) is 18.9 Å². The highest BCUT2D eigenvalue weighted by Gasteiger charge is 2.24. The van der Waals surface area contributed by atoms with Gasteiger partial charge in [-0.15, -0.1) is 0 Å². The van der Waals surface area contributed by atoms with Gasteiger partial charge in [-0.25, -0.2) is 4.98 Å². The van der Waals surface area contributed by atoms with Crippen LogP contribution in [-0.4, -0.2) is 23.9 Å². The third-order valence-electron chi connectivity index (χ3n) is 9.51. The molecule has 0 saturated carbocycles. The van der Waals surface area contributed by atoms with Gasteiger partial charge in [0, 0.05) is 30.7 Å². The lowest BCUT2D eigenvalue weighted by Crippen LogP contribution is -2.00. The molecule has 0 bridgehead atoms. The molecule has 5 nitrogen and oxygen atoms in total. The summed E-state index contributed by atoms with van der Waals surface area (Å²) >= 11 is 0. The summed E-state index contributed by atoms with van der Waals surface area (Å²) in [5.74, 6) is 0.887. The van der Waals surface area contributed by atoms with E-state index in [2.05, 4.69) is 152 Å². The van der Waals surface area contributed by atoms with Crippen molar-refractivity contribution >= 4 is 27.8 Å². The van der Waals surface area contributed by atoms with E-state index in [1.54, 1.807) is 12.4 Å². The maximum absolute atomic E-state index is 5.36. The van der Waals surface area contributed by atoms with Crippen LogP contribution in [0.5, 0.6) is 0 Å². The summed E-state index contributed by atoms with van der Waals surface area (Å²) < 4.78 is 4.60. The highest BCUT2D eigenvalue weighted by atomic mass is 15.2. The van der Waals surface area contributed by atoms with Crippen molar-refractivity contribution in [1.29, 1.82) is 0 Å². The number of imidazole rings is 2. The quantitative estimate of drug-likeness (QED) is 0.203. The van der Waals surface area contributed by atoms with Gasteiger partial charge < -0.3 is 0 Å². The first-order valence-corrected chi connectivity index (χ1v) is 15.9. The van der Waals surface area contributed by atoms with E-state index in [9.17, 15) is 0 Å². The van der Waals surface area contributed by atoms with E-state index in [4.69, 9.17) is 4.98 Å². The second kappa shape index (κ2) is 10.1. The molecule has 0 spiro atoms. The number of aromatic nitrogens is 5. The van der Waals surface area contributed by atoms with Gasteiger partial charge in [0.2, 0.25) is 5.78 Å². The van der Waals surface area contributed by atoms with Crippen molar-refractivity contribution in [2.24, 2.45) is 0 Å². The Hall–Kier alpha value is -6.33. The Balaban J connectivity index is 1.26. The third-order valence-corrected chi connectivity index (χ3v) is 9.51. The van der Waals surface area contributed by atoms with Crippen LogP contribution in [0.15, 0.2) is 152 Å². The fraction of sp³-hybridized carbons (Fsp3) is 0.0238. The molecule has 9 aromatic rings. The Kier molecular flexibility index (Phi) is 5.57. The molecule has 220 valence electrons. The van der Waals surface area contributed by atoms with Gasteiger partial charge in [0.1, 0.15) is 0 Å². The molecule has 1 aliphatic rings. The Labute approximate surface area is 271 Å². The lowest BCUT2D eigenvalue weighted by Gasteiger charge is -2.23. The summed E-state index contributed by atoms with van der Waals surface area (Å²) in [6, 6.07) is 48.3. The predicted octanol–water partition coefficient (Wildman–Crippen LogP) is 9.79. The van der Waals surface area contributed by atoms with Crippen LogP contribution >= 0.6 is 0 Å². The lowest BCUT2D eigenvalue weighted by molar-refractivity contribution is 1.03. The van der Waals surface area contributed by atoms with E-state index in [-0.39, 0.29) is 0 Å². The molecule has 0 N–H and O–H groups in total. The van der Waals surface area contributed by atoms with Crippen LogP contribution in [-0.2, 0) is 6.42 Å². The van der Waals surface area contributed by atoms with Gasteiger partial charge in [-0.2, -0.15) is 0 Å². The Morgan fingerprint density at radius 2 is 1.06 bits per heavy atom. The molecule has 0 unspecified atom stereocenters. The number of hydrogen-bond donors (Lipinski definition) is 0. The standard InChI is InChI=1S/C42H27N5/c1-2-12-31-30(11-1)32-13-3-4-15-34(32)36-21-20-29(25-37(36)35-16-6-5-14-33(31)35)46-38-17-7-8-18-39(38)47-40-19-9-10-27(41(40)45-42(46)47)24-28-26-43-22-23-44-28/h1-23,25-26H,24H2. The normalized spacial score (nSPS) is 11.9. The zero-order valence-electron chi connectivity index (χ0n) is 25.4. The topological polar surface area (TPSA) is 48.0 Å². The second-order valence-electron chi connectivity index (χ2n) is 12.1. The van der Waals surface area contributed by atoms with Crippen molar-refractivity contribution < 1.29 is 0 Å². The molecule has 3 heterocycles. The molecule has 47 heavy (non-hydrogen) atoms. The summed E-state index contributed by atoms with van der Waals surface area (Å²) in [6.45, 7) is 0. The van der Waals surface area contributed by atoms with Crippen LogP contribution in [0.1, 0.15) is 11.3 Å². The van der Waals surface area contributed by atoms with Gasteiger partial charge in [-0.05, 0) is 80.4 Å². The number of fused-ring (bicyclic) bond motifs is 13. The second-order valence-corrected chi connectivity index (χ2v) is 12.1. The van der Waals surface area contributed by atoms with Crippen LogP contribution in [0.4, 0.5) is 0 Å². The smallest absolute Gasteiger partial charge is 0.220 e. The summed E-state index contributed by atoms with van der Waals surface area (Å²) in [4.78, 5) is 14.2. The predicted molar refractivity (Wildman–Crippen MR) is 190 cm³/mol. The monoisotopic (exact) mass is 601 g/mol. The Morgan fingerprint density at radius 1 is 0.489 bits per heavy atom. The van der Waals surface area contributed by atoms with Crippen molar-refractivity contribution in [1.82, 2.24) is 23.9 Å². The first-order valence-electron chi connectivity index (χ1n) is 15.9. The number of benzene rings is 6. The highest BCUT2D eigenvalue weighted by Crippen LogP contribution is 2.48. The minimum atomic E-state index is 0.666. The number of rotatable bonds is 3. The number of hydrogen-bond acceptors (Lipinski definition) is 3. The molecule has 1 aliphatic carbocycles. The summed E-state index contributed by atoms with van der Waals surface area (Å²) in [7, 11) is 0. The van der Waals surface area contributed by atoms with Crippen molar-refractivity contribution in [3.63, 3.8) is 0 Å². The van der Waals surface area contributed by atoms with E-state index < -0.39 is 0 Å². The molecule has 3 aromatic heterocycles. The average molecular weight is 602 g/mol. The van der Waals surface area contributed by atoms with Crippen LogP contribution in [0.2, 0.25) is 0 Å². The van der Waals surface area contributed by atoms with E-state index in [0.29, 0.717) is 6.42 Å². The zero-order chi connectivity index (χ0) is 30.9. The molecule has 0 saturated heterocycles. The fourth-order valence-electron chi connectivity index (χ4n) is 7.48. The van der Waals surface area contributed by atoms with Crippen molar-refractivity contribution in [2.75, 3.05) is 0 Å². The molecule has 0 radical (unpaired) electrons. The van der Waals surface area contributed by atoms with Crippen LogP contribution in [0.3, 0.4) is 0 Å². The van der Waals surface area contributed by atoms with Crippen molar-refractivity contribution in [3.8, 4) is 50.2 Å². The Morgan fingerprint density at radius 3 is 1.70 bits per heavy atom. The molecule has 10 rings (SSSR count). The van der Waals surface area contributed by atoms with E-state index in [1.165, 1.54) is 44.5 Å². The van der Waals surface area contributed by atoms with Gasteiger partial charge in [-0.1, -0.05) is 103 Å². The van der Waals surface area contributed by atoms with E-state index in [1.807, 2.05) is 6.20 Å². The lowest BCUT2D eigenvalue weighted by atomic mass is 9.81. The van der Waals surface area contributed by atoms with Crippen molar-refractivity contribution in [2.45, 2.75) is 6.42 Å². The van der Waals surface area contributed by atoms with Crippen LogP contribution in [0.25, 0.3) is 78.0 Å². The Bertz CT molecular complexity index is 2660. The molecule has 0 fully saturated rings. The summed E-state index contributed by atoms with van der Waals surface area (Å²) in [5.41, 5.74) is 17.3. The molecule has 5 heteroatoms. The van der Waals surface area contributed by atoms with Gasteiger partial charge >= 0.3 is 0 Å². The zero-order valence-corrected chi connectivity index (χ0v) is 25.4. The molecular weight excluding hydrogens is 574 g/mol. The average Bonchev–Trinajstić information content (AvgIpc) is 3.67. The first kappa shape index (κ1) is 25.9. The minimum Gasteiger partial charge on any atom is -0.278 e. The van der Waals surface area contributed by atoms with Gasteiger partial charge in [0.25, 0.3) is 0 Å². The molecule has 6 aromatic carbocycles. The molecular formula is C42H27N5. The van der Waals surface area contributed by atoms with Gasteiger partial charge in [0.15, 0.2) is 0 Å². The van der Waals surface area contributed by atoms with Crippen LogP contribution < -0.4 is 0 Å². The first-order chi connectivity index (χ1) is 23.3. The third kappa shape index (κ3) is 3.87. The van der Waals surface area contributed by atoms with Gasteiger partial charge in [0.05, 0.1) is 27.8 Å². The highest BCUT2D eigenvalue weighted by molar-refractivity contribution is 6.03. The number of nitrogens with zero attached hydrogens (tertiary/aromatic N) is 5. The molecule has 0 atom stereocenters.